The zero-order valence-electron chi connectivity index (χ0n) is 14.2. The lowest BCUT2D eigenvalue weighted by atomic mass is 9.94. The minimum atomic E-state index is 0.233. The second kappa shape index (κ2) is 6.46. The van der Waals surface area contributed by atoms with E-state index < -0.39 is 0 Å². The Hall–Kier alpha value is -2.04. The second-order valence-electron chi connectivity index (χ2n) is 7.31. The molecule has 5 nitrogen and oxygen atoms in total. The summed E-state index contributed by atoms with van der Waals surface area (Å²) in [4.78, 5) is 14.6. The fourth-order valence-corrected chi connectivity index (χ4v) is 3.79. The molecule has 2 fully saturated rings. The van der Waals surface area contributed by atoms with Gasteiger partial charge >= 0.3 is 0 Å². The van der Waals surface area contributed by atoms with E-state index in [9.17, 15) is 4.79 Å². The van der Waals surface area contributed by atoms with Gasteiger partial charge < -0.3 is 9.32 Å². The molecule has 0 radical (unpaired) electrons. The zero-order chi connectivity index (χ0) is 16.5. The molecule has 0 spiro atoms. The molecular weight excluding hydrogens is 302 g/mol. The van der Waals surface area contributed by atoms with Crippen molar-refractivity contribution < 1.29 is 9.21 Å². The van der Waals surface area contributed by atoms with Crippen molar-refractivity contribution in [1.82, 2.24) is 15.1 Å². The van der Waals surface area contributed by atoms with Crippen molar-refractivity contribution in [1.29, 1.82) is 0 Å². The standard InChI is InChI=1S/C19H25N3O2/c1-13-11-16(13)18-6-4-15(24-18)5-7-19(23)22-10-2-3-14(12-22)17-8-9-20-21-17/h4,6,8-9,13-14,16H,2-3,5,7,10-12H2,1H3,(H,20,21)/t13-,14-,16-/m1/s1. The summed E-state index contributed by atoms with van der Waals surface area (Å²) in [5.41, 5.74) is 1.14. The van der Waals surface area contributed by atoms with Gasteiger partial charge in [0, 0.05) is 49.7 Å². The summed E-state index contributed by atoms with van der Waals surface area (Å²) in [7, 11) is 0. The largest absolute Gasteiger partial charge is 0.466 e. The first-order chi connectivity index (χ1) is 11.7. The van der Waals surface area contributed by atoms with Crippen LogP contribution in [0.5, 0.6) is 0 Å². The van der Waals surface area contributed by atoms with Crippen LogP contribution in [0, 0.1) is 5.92 Å². The molecular formula is C19H25N3O2. The fourth-order valence-electron chi connectivity index (χ4n) is 3.79. The molecule has 1 saturated carbocycles. The van der Waals surface area contributed by atoms with Gasteiger partial charge in [0.1, 0.15) is 11.5 Å². The Labute approximate surface area is 142 Å². The molecule has 5 heteroatoms. The number of aromatic nitrogens is 2. The van der Waals surface area contributed by atoms with E-state index in [0.29, 0.717) is 24.7 Å². The van der Waals surface area contributed by atoms with Crippen LogP contribution in [0.2, 0.25) is 0 Å². The first kappa shape index (κ1) is 15.5. The van der Waals surface area contributed by atoms with Crippen molar-refractivity contribution in [2.75, 3.05) is 13.1 Å². The van der Waals surface area contributed by atoms with Gasteiger partial charge in [-0.25, -0.2) is 0 Å². The number of rotatable bonds is 5. The van der Waals surface area contributed by atoms with Gasteiger partial charge in [-0.15, -0.1) is 0 Å². The maximum atomic E-state index is 12.6. The van der Waals surface area contributed by atoms with E-state index in [1.807, 2.05) is 17.0 Å². The maximum absolute atomic E-state index is 12.6. The molecule has 0 aromatic carbocycles. The second-order valence-corrected chi connectivity index (χ2v) is 7.31. The maximum Gasteiger partial charge on any atom is 0.223 e. The number of likely N-dealkylation sites (tertiary alicyclic amines) is 1. The molecule has 24 heavy (non-hydrogen) atoms. The number of nitrogens with zero attached hydrogens (tertiary/aromatic N) is 2. The zero-order valence-corrected chi connectivity index (χ0v) is 14.2. The molecule has 0 unspecified atom stereocenters. The summed E-state index contributed by atoms with van der Waals surface area (Å²) >= 11 is 0. The summed E-state index contributed by atoms with van der Waals surface area (Å²) in [6.07, 6.45) is 6.42. The molecule has 2 aromatic heterocycles. The lowest BCUT2D eigenvalue weighted by molar-refractivity contribution is -0.132. The molecule has 1 aliphatic heterocycles. The number of hydrogen-bond donors (Lipinski definition) is 1. The number of piperidine rings is 1. The number of aryl methyl sites for hydroxylation is 1. The Morgan fingerprint density at radius 1 is 1.42 bits per heavy atom. The number of nitrogens with one attached hydrogen (secondary N) is 1. The van der Waals surface area contributed by atoms with Crippen LogP contribution in [0.15, 0.2) is 28.8 Å². The molecule has 1 amide bonds. The fraction of sp³-hybridized carbons (Fsp3) is 0.579. The van der Waals surface area contributed by atoms with Gasteiger partial charge in [-0.05, 0) is 43.4 Å². The molecule has 1 N–H and O–H groups in total. The van der Waals surface area contributed by atoms with Crippen molar-refractivity contribution in [2.45, 2.75) is 50.9 Å². The van der Waals surface area contributed by atoms with Crippen LogP contribution < -0.4 is 0 Å². The number of aromatic amines is 1. The predicted octanol–water partition coefficient (Wildman–Crippen LogP) is 3.46. The third kappa shape index (κ3) is 3.25. The van der Waals surface area contributed by atoms with Gasteiger partial charge in [0.05, 0.1) is 0 Å². The van der Waals surface area contributed by atoms with Crippen LogP contribution in [-0.4, -0.2) is 34.1 Å². The quantitative estimate of drug-likeness (QED) is 0.914. The normalized spacial score (nSPS) is 26.5. The summed E-state index contributed by atoms with van der Waals surface area (Å²) < 4.78 is 5.91. The first-order valence-electron chi connectivity index (χ1n) is 9.06. The van der Waals surface area contributed by atoms with Crippen molar-refractivity contribution >= 4 is 5.91 Å². The average Bonchev–Trinajstić information content (AvgIpc) is 3.04. The van der Waals surface area contributed by atoms with Crippen LogP contribution in [-0.2, 0) is 11.2 Å². The molecule has 1 saturated heterocycles. The molecule has 1 aliphatic carbocycles. The molecule has 4 rings (SSSR count). The van der Waals surface area contributed by atoms with Gasteiger partial charge in [0.2, 0.25) is 5.91 Å². The molecule has 3 heterocycles. The van der Waals surface area contributed by atoms with Crippen molar-refractivity contribution in [3.63, 3.8) is 0 Å². The number of H-pyrrole nitrogens is 1. The Morgan fingerprint density at radius 2 is 2.29 bits per heavy atom. The van der Waals surface area contributed by atoms with E-state index in [2.05, 4.69) is 23.2 Å². The third-order valence-electron chi connectivity index (χ3n) is 5.48. The first-order valence-corrected chi connectivity index (χ1v) is 9.06. The highest BCUT2D eigenvalue weighted by atomic mass is 16.3. The third-order valence-corrected chi connectivity index (χ3v) is 5.48. The number of amides is 1. The van der Waals surface area contributed by atoms with E-state index in [0.717, 1.165) is 49.1 Å². The molecule has 128 valence electrons. The predicted molar refractivity (Wildman–Crippen MR) is 90.7 cm³/mol. The Bertz CT molecular complexity index is 691. The SMILES string of the molecule is C[C@@H]1C[C@H]1c1ccc(CCC(=O)N2CCC[C@@H](c3ccn[nH]3)C2)o1. The topological polar surface area (TPSA) is 62.1 Å². The number of carbonyl (C=O) groups excluding carboxylic acids is 1. The number of hydrogen-bond acceptors (Lipinski definition) is 3. The smallest absolute Gasteiger partial charge is 0.223 e. The van der Waals surface area contributed by atoms with Crippen LogP contribution in [0.4, 0.5) is 0 Å². The Morgan fingerprint density at radius 3 is 3.04 bits per heavy atom. The highest BCUT2D eigenvalue weighted by Crippen LogP contribution is 2.47. The van der Waals surface area contributed by atoms with Crippen LogP contribution >= 0.6 is 0 Å². The summed E-state index contributed by atoms with van der Waals surface area (Å²) in [6.45, 7) is 3.92. The molecule has 2 aromatic rings. The van der Waals surface area contributed by atoms with Crippen molar-refractivity contribution in [3.05, 3.63) is 41.6 Å². The van der Waals surface area contributed by atoms with Crippen molar-refractivity contribution in [2.24, 2.45) is 5.92 Å². The van der Waals surface area contributed by atoms with Crippen molar-refractivity contribution in [3.8, 4) is 0 Å². The highest BCUT2D eigenvalue weighted by molar-refractivity contribution is 5.76. The highest BCUT2D eigenvalue weighted by Gasteiger charge is 2.36. The van der Waals surface area contributed by atoms with Crippen LogP contribution in [0.25, 0.3) is 0 Å². The molecule has 0 bridgehead atoms. The minimum Gasteiger partial charge on any atom is -0.466 e. The van der Waals surface area contributed by atoms with Gasteiger partial charge in [-0.2, -0.15) is 5.10 Å². The summed E-state index contributed by atoms with van der Waals surface area (Å²) in [5, 5.41) is 7.07. The lowest BCUT2D eigenvalue weighted by Gasteiger charge is -2.32. The number of carbonyl (C=O) groups is 1. The molecule has 3 atom stereocenters. The van der Waals surface area contributed by atoms with Crippen LogP contribution in [0.1, 0.15) is 61.7 Å². The van der Waals surface area contributed by atoms with E-state index >= 15 is 0 Å². The summed E-state index contributed by atoms with van der Waals surface area (Å²) in [5.74, 6) is 4.01. The van der Waals surface area contributed by atoms with Gasteiger partial charge in [0.15, 0.2) is 0 Å². The van der Waals surface area contributed by atoms with E-state index in [4.69, 9.17) is 4.42 Å². The summed E-state index contributed by atoms with van der Waals surface area (Å²) in [6, 6.07) is 6.14. The average molecular weight is 327 g/mol. The van der Waals surface area contributed by atoms with Gasteiger partial charge in [-0.3, -0.25) is 9.89 Å². The van der Waals surface area contributed by atoms with Gasteiger partial charge in [0.25, 0.3) is 0 Å². The minimum absolute atomic E-state index is 0.233. The van der Waals surface area contributed by atoms with Crippen LogP contribution in [0.3, 0.4) is 0 Å². The van der Waals surface area contributed by atoms with E-state index in [1.165, 1.54) is 6.42 Å². The van der Waals surface area contributed by atoms with E-state index in [1.54, 1.807) is 6.20 Å². The molecule has 2 aliphatic rings. The monoisotopic (exact) mass is 327 g/mol. The lowest BCUT2D eigenvalue weighted by Crippen LogP contribution is -2.39. The van der Waals surface area contributed by atoms with E-state index in [-0.39, 0.29) is 5.91 Å². The Balaban J connectivity index is 1.30. The Kier molecular flexibility index (Phi) is 4.17. The van der Waals surface area contributed by atoms with Gasteiger partial charge in [-0.1, -0.05) is 6.92 Å². The number of furan rings is 1.